The molecule has 0 radical (unpaired) electrons. The maximum Gasteiger partial charge on any atom is 0.453 e. The number of nitrogens with zero attached hydrogens (tertiary/aromatic N) is 8. The molecule has 0 atom stereocenters. The van der Waals surface area contributed by atoms with Gasteiger partial charge in [-0.25, -0.2) is 14.3 Å². The molecule has 0 aliphatic rings. The Bertz CT molecular complexity index is 1170. The highest BCUT2D eigenvalue weighted by atomic mass is 19.4. The minimum absolute atomic E-state index is 0.0844. The molecule has 0 aromatic carbocycles. The second kappa shape index (κ2) is 4.84. The van der Waals surface area contributed by atoms with E-state index in [1.807, 2.05) is 0 Å². The number of hydrogen-bond acceptors (Lipinski definition) is 6. The Balaban J connectivity index is 2.03. The molecule has 0 N–H and O–H groups in total. The van der Waals surface area contributed by atoms with Crippen LogP contribution in [0.4, 0.5) is 13.2 Å². The Labute approximate surface area is 136 Å². The van der Waals surface area contributed by atoms with E-state index in [9.17, 15) is 18.0 Å². The van der Waals surface area contributed by atoms with Crippen molar-refractivity contribution in [3.05, 3.63) is 46.3 Å². The van der Waals surface area contributed by atoms with Gasteiger partial charge in [-0.1, -0.05) is 0 Å². The standard InChI is InChI=1S/C13H9F3N8O/c1-6-19-20-7(2)24(6)22-4-3-9-8(10(22)25)5-17-12-18-11(13(14,15)16)21-23(9)12/h3-5H,1-2H3. The van der Waals surface area contributed by atoms with Crippen LogP contribution in [0.5, 0.6) is 0 Å². The summed E-state index contributed by atoms with van der Waals surface area (Å²) in [6, 6.07) is 1.46. The molecule has 4 aromatic rings. The summed E-state index contributed by atoms with van der Waals surface area (Å²) in [6.07, 6.45) is -2.12. The lowest BCUT2D eigenvalue weighted by Gasteiger charge is -2.10. The lowest BCUT2D eigenvalue weighted by molar-refractivity contribution is -0.144. The average Bonchev–Trinajstić information content (AvgIpc) is 3.12. The van der Waals surface area contributed by atoms with Gasteiger partial charge in [0.1, 0.15) is 11.6 Å². The van der Waals surface area contributed by atoms with E-state index in [0.717, 1.165) is 4.52 Å². The summed E-state index contributed by atoms with van der Waals surface area (Å²) in [6.45, 7) is 3.34. The quantitative estimate of drug-likeness (QED) is 0.508. The summed E-state index contributed by atoms with van der Waals surface area (Å²) in [5.74, 6) is -0.600. The molecule has 0 unspecified atom stereocenters. The number of fused-ring (bicyclic) bond motifs is 3. The van der Waals surface area contributed by atoms with Gasteiger partial charge in [0.2, 0.25) is 0 Å². The summed E-state index contributed by atoms with van der Waals surface area (Å²) in [5, 5.41) is 11.3. The van der Waals surface area contributed by atoms with Gasteiger partial charge in [0.25, 0.3) is 17.2 Å². The Morgan fingerprint density at radius 2 is 1.80 bits per heavy atom. The van der Waals surface area contributed by atoms with Crippen LogP contribution in [0.2, 0.25) is 0 Å². The van der Waals surface area contributed by atoms with Crippen LogP contribution in [0.1, 0.15) is 17.5 Å². The zero-order chi connectivity index (χ0) is 17.9. The molecule has 0 bridgehead atoms. The fraction of sp³-hybridized carbons (Fsp3) is 0.231. The second-order valence-corrected chi connectivity index (χ2v) is 5.27. The molecule has 0 amide bonds. The monoisotopic (exact) mass is 350 g/mol. The van der Waals surface area contributed by atoms with Crippen molar-refractivity contribution in [1.82, 2.24) is 39.1 Å². The number of pyridine rings is 1. The van der Waals surface area contributed by atoms with Crippen molar-refractivity contribution in [2.24, 2.45) is 0 Å². The topological polar surface area (TPSA) is 95.8 Å². The zero-order valence-electron chi connectivity index (χ0n) is 12.9. The largest absolute Gasteiger partial charge is 0.453 e. The van der Waals surface area contributed by atoms with E-state index in [4.69, 9.17) is 0 Å². The third kappa shape index (κ3) is 2.17. The Kier molecular flexibility index (Phi) is 2.95. The molecule has 0 saturated heterocycles. The number of aromatic nitrogens is 8. The van der Waals surface area contributed by atoms with Gasteiger partial charge in [-0.2, -0.15) is 22.7 Å². The van der Waals surface area contributed by atoms with Gasteiger partial charge >= 0.3 is 6.18 Å². The van der Waals surface area contributed by atoms with Crippen molar-refractivity contribution in [1.29, 1.82) is 0 Å². The molecule has 12 heteroatoms. The van der Waals surface area contributed by atoms with Crippen LogP contribution in [0.15, 0.2) is 23.3 Å². The lowest BCUT2D eigenvalue weighted by atomic mass is 10.3. The van der Waals surface area contributed by atoms with Gasteiger partial charge in [0.15, 0.2) is 0 Å². The van der Waals surface area contributed by atoms with Crippen LogP contribution in [-0.4, -0.2) is 39.1 Å². The van der Waals surface area contributed by atoms with E-state index >= 15 is 0 Å². The smallest absolute Gasteiger partial charge is 0.267 e. The molecule has 4 heterocycles. The van der Waals surface area contributed by atoms with E-state index in [1.54, 1.807) is 13.8 Å². The van der Waals surface area contributed by atoms with E-state index in [2.05, 4.69) is 25.3 Å². The maximum atomic E-state index is 12.8. The van der Waals surface area contributed by atoms with Gasteiger partial charge in [0, 0.05) is 12.4 Å². The molecule has 0 spiro atoms. The van der Waals surface area contributed by atoms with Gasteiger partial charge in [-0.05, 0) is 19.9 Å². The summed E-state index contributed by atoms with van der Waals surface area (Å²) in [4.78, 5) is 19.9. The fourth-order valence-corrected chi connectivity index (χ4v) is 2.56. The van der Waals surface area contributed by atoms with Crippen LogP contribution >= 0.6 is 0 Å². The number of aryl methyl sites for hydroxylation is 2. The molecule has 4 aromatic heterocycles. The molecule has 128 valence electrons. The molecular weight excluding hydrogens is 341 g/mol. The molecular formula is C13H9F3N8O. The van der Waals surface area contributed by atoms with Crippen LogP contribution in [0.3, 0.4) is 0 Å². The third-order valence-electron chi connectivity index (χ3n) is 3.64. The van der Waals surface area contributed by atoms with Gasteiger partial charge in [-0.3, -0.25) is 4.79 Å². The van der Waals surface area contributed by atoms with Crippen molar-refractivity contribution in [2.45, 2.75) is 20.0 Å². The second-order valence-electron chi connectivity index (χ2n) is 5.27. The first-order valence-electron chi connectivity index (χ1n) is 7.01. The highest BCUT2D eigenvalue weighted by Crippen LogP contribution is 2.26. The van der Waals surface area contributed by atoms with Crippen LogP contribution in [-0.2, 0) is 6.18 Å². The normalized spacial score (nSPS) is 12.4. The van der Waals surface area contributed by atoms with Gasteiger partial charge < -0.3 is 0 Å². The maximum absolute atomic E-state index is 12.8. The van der Waals surface area contributed by atoms with Crippen molar-refractivity contribution in [3.8, 4) is 0 Å². The number of hydrogen-bond donors (Lipinski definition) is 0. The number of alkyl halides is 3. The lowest BCUT2D eigenvalue weighted by Crippen LogP contribution is -2.27. The molecule has 9 nitrogen and oxygen atoms in total. The SMILES string of the molecule is Cc1nnc(C)n1-n1ccc2c(cnc3nc(C(F)(F)F)nn32)c1=O. The van der Waals surface area contributed by atoms with Crippen molar-refractivity contribution in [3.63, 3.8) is 0 Å². The van der Waals surface area contributed by atoms with Crippen molar-refractivity contribution in [2.75, 3.05) is 0 Å². The van der Waals surface area contributed by atoms with E-state index in [1.165, 1.54) is 27.8 Å². The van der Waals surface area contributed by atoms with E-state index in [0.29, 0.717) is 11.6 Å². The minimum atomic E-state index is -4.70. The van der Waals surface area contributed by atoms with Crippen molar-refractivity contribution < 1.29 is 13.2 Å². The minimum Gasteiger partial charge on any atom is -0.267 e. The first kappa shape index (κ1) is 15.2. The van der Waals surface area contributed by atoms with Crippen molar-refractivity contribution >= 4 is 16.7 Å². The molecule has 0 aliphatic carbocycles. The highest BCUT2D eigenvalue weighted by molar-refractivity contribution is 5.78. The van der Waals surface area contributed by atoms with Crippen LogP contribution in [0.25, 0.3) is 16.7 Å². The zero-order valence-corrected chi connectivity index (χ0v) is 12.9. The third-order valence-corrected chi connectivity index (χ3v) is 3.64. The first-order chi connectivity index (χ1) is 11.8. The summed E-state index contributed by atoms with van der Waals surface area (Å²) in [5.41, 5.74) is -0.334. The molecule has 4 rings (SSSR count). The fourth-order valence-electron chi connectivity index (χ4n) is 2.56. The molecule has 0 saturated carbocycles. The van der Waals surface area contributed by atoms with Gasteiger partial charge in [-0.15, -0.1) is 15.3 Å². The summed E-state index contributed by atoms with van der Waals surface area (Å²) < 4.78 is 42.0. The van der Waals surface area contributed by atoms with Crippen LogP contribution < -0.4 is 5.56 Å². The number of rotatable bonds is 1. The predicted molar refractivity (Wildman–Crippen MR) is 77.8 cm³/mol. The Hall–Kier alpha value is -3.31. The highest BCUT2D eigenvalue weighted by Gasteiger charge is 2.36. The van der Waals surface area contributed by atoms with E-state index in [-0.39, 0.29) is 16.7 Å². The summed E-state index contributed by atoms with van der Waals surface area (Å²) >= 11 is 0. The molecule has 0 fully saturated rings. The van der Waals surface area contributed by atoms with Gasteiger partial charge in [0.05, 0.1) is 10.9 Å². The number of halogens is 3. The predicted octanol–water partition coefficient (Wildman–Crippen LogP) is 0.978. The average molecular weight is 350 g/mol. The van der Waals surface area contributed by atoms with Crippen LogP contribution in [0, 0.1) is 13.8 Å². The summed E-state index contributed by atoms with van der Waals surface area (Å²) in [7, 11) is 0. The van der Waals surface area contributed by atoms with E-state index < -0.39 is 17.6 Å². The molecule has 0 aliphatic heterocycles. The molecule has 25 heavy (non-hydrogen) atoms. The first-order valence-corrected chi connectivity index (χ1v) is 7.01. The Morgan fingerprint density at radius 1 is 1.12 bits per heavy atom. The Morgan fingerprint density at radius 3 is 2.44 bits per heavy atom.